The van der Waals surface area contributed by atoms with Crippen LogP contribution >= 0.6 is 0 Å². The normalized spacial score (nSPS) is 13.4. The number of hydrogen-bond acceptors (Lipinski definition) is 4. The first-order chi connectivity index (χ1) is 12.1. The topological polar surface area (TPSA) is 56.8 Å². The summed E-state index contributed by atoms with van der Waals surface area (Å²) >= 11 is 0. The van der Waals surface area contributed by atoms with E-state index in [1.807, 2.05) is 56.3 Å². The Hall–Kier alpha value is -2.69. The average Bonchev–Trinajstić information content (AvgIpc) is 3.07. The monoisotopic (exact) mass is 341 g/mol. The van der Waals surface area contributed by atoms with E-state index in [1.165, 1.54) is 0 Å². The van der Waals surface area contributed by atoms with Crippen LogP contribution in [-0.4, -0.2) is 19.3 Å². The molecule has 0 fully saturated rings. The van der Waals surface area contributed by atoms with Crippen LogP contribution in [0, 0.1) is 6.92 Å². The molecule has 1 amide bonds. The Morgan fingerprint density at radius 3 is 2.84 bits per heavy atom. The van der Waals surface area contributed by atoms with Gasteiger partial charge in [-0.25, -0.2) is 0 Å². The lowest BCUT2D eigenvalue weighted by Gasteiger charge is -2.15. The number of hydrogen-bond donors (Lipinski definition) is 1. The molecule has 1 atom stereocenters. The van der Waals surface area contributed by atoms with Crippen LogP contribution in [0.2, 0.25) is 0 Å². The molecule has 1 aliphatic heterocycles. The van der Waals surface area contributed by atoms with E-state index >= 15 is 0 Å². The number of carbonyl (C=O) groups excluding carboxylic acids is 1. The van der Waals surface area contributed by atoms with E-state index in [0.29, 0.717) is 19.4 Å². The van der Waals surface area contributed by atoms with Gasteiger partial charge >= 0.3 is 0 Å². The highest BCUT2D eigenvalue weighted by Gasteiger charge is 2.16. The summed E-state index contributed by atoms with van der Waals surface area (Å²) in [6.07, 6.45) is 1.11. The van der Waals surface area contributed by atoms with Crippen molar-refractivity contribution < 1.29 is 19.0 Å². The fourth-order valence-corrected chi connectivity index (χ4v) is 2.71. The third-order valence-electron chi connectivity index (χ3n) is 4.17. The Bertz CT molecular complexity index is 744. The predicted molar refractivity (Wildman–Crippen MR) is 95.0 cm³/mol. The van der Waals surface area contributed by atoms with Gasteiger partial charge in [-0.2, -0.15) is 0 Å². The van der Waals surface area contributed by atoms with Crippen molar-refractivity contribution in [1.29, 1.82) is 0 Å². The van der Waals surface area contributed by atoms with Crippen molar-refractivity contribution in [1.82, 2.24) is 5.32 Å². The number of amides is 1. The molecule has 2 aromatic rings. The number of fused-ring (bicyclic) bond motifs is 1. The van der Waals surface area contributed by atoms with Gasteiger partial charge in [0.15, 0.2) is 11.5 Å². The van der Waals surface area contributed by atoms with Crippen molar-refractivity contribution in [3.8, 4) is 17.2 Å². The third-order valence-corrected chi connectivity index (χ3v) is 4.17. The lowest BCUT2D eigenvalue weighted by atomic mass is 10.1. The summed E-state index contributed by atoms with van der Waals surface area (Å²) in [5.41, 5.74) is 2.09. The second-order valence-corrected chi connectivity index (χ2v) is 6.12. The number of benzene rings is 2. The molecule has 1 aliphatic rings. The van der Waals surface area contributed by atoms with E-state index in [2.05, 4.69) is 5.32 Å². The van der Waals surface area contributed by atoms with E-state index < -0.39 is 0 Å². The molecular weight excluding hydrogens is 318 g/mol. The summed E-state index contributed by atoms with van der Waals surface area (Å²) < 4.78 is 16.4. The van der Waals surface area contributed by atoms with Crippen LogP contribution in [-0.2, 0) is 4.79 Å². The Morgan fingerprint density at radius 1 is 1.20 bits per heavy atom. The van der Waals surface area contributed by atoms with Crippen molar-refractivity contribution in [3.05, 3.63) is 53.6 Å². The molecule has 1 heterocycles. The van der Waals surface area contributed by atoms with Crippen LogP contribution in [0.4, 0.5) is 0 Å². The largest absolute Gasteiger partial charge is 0.493 e. The zero-order valence-electron chi connectivity index (χ0n) is 14.6. The minimum atomic E-state index is -0.0840. The Kier molecular flexibility index (Phi) is 5.43. The molecule has 0 saturated carbocycles. The van der Waals surface area contributed by atoms with Crippen molar-refractivity contribution in [3.63, 3.8) is 0 Å². The summed E-state index contributed by atoms with van der Waals surface area (Å²) in [5, 5.41) is 3.01. The number of ether oxygens (including phenoxy) is 3. The van der Waals surface area contributed by atoms with Crippen LogP contribution in [0.1, 0.15) is 36.9 Å². The van der Waals surface area contributed by atoms with Crippen LogP contribution < -0.4 is 19.5 Å². The van der Waals surface area contributed by atoms with Crippen LogP contribution in [0.5, 0.6) is 17.2 Å². The SMILES string of the molecule is Cc1ccccc1OCCCC(=O)NC(C)c1ccc2c(c1)OCO2. The lowest BCUT2D eigenvalue weighted by molar-refractivity contribution is -0.121. The van der Waals surface area contributed by atoms with Crippen molar-refractivity contribution in [2.45, 2.75) is 32.7 Å². The first-order valence-electron chi connectivity index (χ1n) is 8.51. The fourth-order valence-electron chi connectivity index (χ4n) is 2.71. The highest BCUT2D eigenvalue weighted by molar-refractivity contribution is 5.76. The van der Waals surface area contributed by atoms with Gasteiger partial charge in [-0.05, 0) is 49.6 Å². The van der Waals surface area contributed by atoms with E-state index in [-0.39, 0.29) is 18.7 Å². The molecule has 3 rings (SSSR count). The number of carbonyl (C=O) groups is 1. The third kappa shape index (κ3) is 4.44. The number of rotatable bonds is 7. The highest BCUT2D eigenvalue weighted by atomic mass is 16.7. The molecule has 5 nitrogen and oxygen atoms in total. The first kappa shape index (κ1) is 17.1. The molecule has 0 aliphatic carbocycles. The molecule has 0 radical (unpaired) electrons. The summed E-state index contributed by atoms with van der Waals surface area (Å²) in [7, 11) is 0. The minimum absolute atomic E-state index is 0.0125. The van der Waals surface area contributed by atoms with Gasteiger partial charge in [0.25, 0.3) is 0 Å². The van der Waals surface area contributed by atoms with Gasteiger partial charge in [0.2, 0.25) is 12.7 Å². The minimum Gasteiger partial charge on any atom is -0.493 e. The van der Waals surface area contributed by atoms with Gasteiger partial charge in [0.05, 0.1) is 12.6 Å². The molecule has 0 bridgehead atoms. The number of para-hydroxylation sites is 1. The van der Waals surface area contributed by atoms with E-state index in [1.54, 1.807) is 0 Å². The molecular formula is C20H23NO4. The average molecular weight is 341 g/mol. The zero-order valence-corrected chi connectivity index (χ0v) is 14.6. The van der Waals surface area contributed by atoms with Gasteiger partial charge in [-0.1, -0.05) is 24.3 Å². The molecule has 2 aromatic carbocycles. The van der Waals surface area contributed by atoms with Crippen LogP contribution in [0.15, 0.2) is 42.5 Å². The van der Waals surface area contributed by atoms with Crippen LogP contribution in [0.3, 0.4) is 0 Å². The van der Waals surface area contributed by atoms with Crippen molar-refractivity contribution in [2.75, 3.05) is 13.4 Å². The smallest absolute Gasteiger partial charge is 0.231 e. The van der Waals surface area contributed by atoms with Gasteiger partial charge < -0.3 is 19.5 Å². The molecule has 132 valence electrons. The summed E-state index contributed by atoms with van der Waals surface area (Å²) in [6.45, 7) is 4.74. The van der Waals surface area contributed by atoms with E-state index in [0.717, 1.165) is 28.4 Å². The summed E-state index contributed by atoms with van der Waals surface area (Å²) in [6, 6.07) is 13.5. The Morgan fingerprint density at radius 2 is 2.00 bits per heavy atom. The van der Waals surface area contributed by atoms with Gasteiger partial charge in [0, 0.05) is 6.42 Å². The van der Waals surface area contributed by atoms with E-state index in [4.69, 9.17) is 14.2 Å². The van der Waals surface area contributed by atoms with E-state index in [9.17, 15) is 4.79 Å². The highest BCUT2D eigenvalue weighted by Crippen LogP contribution is 2.34. The van der Waals surface area contributed by atoms with Gasteiger partial charge in [-0.15, -0.1) is 0 Å². The quantitative estimate of drug-likeness (QED) is 0.779. The fraction of sp³-hybridized carbons (Fsp3) is 0.350. The first-order valence-corrected chi connectivity index (χ1v) is 8.51. The maximum atomic E-state index is 12.1. The molecule has 1 unspecified atom stereocenters. The molecule has 5 heteroatoms. The van der Waals surface area contributed by atoms with Gasteiger partial charge in [-0.3, -0.25) is 4.79 Å². The number of nitrogens with one attached hydrogen (secondary N) is 1. The summed E-state index contributed by atoms with van der Waals surface area (Å²) in [4.78, 5) is 12.1. The second kappa shape index (κ2) is 7.92. The second-order valence-electron chi connectivity index (χ2n) is 6.12. The predicted octanol–water partition coefficient (Wildman–Crippen LogP) is 3.76. The standard InChI is InChI=1S/C20H23NO4/c1-14-6-3-4-7-17(14)23-11-5-8-20(22)21-15(2)16-9-10-18-19(12-16)25-13-24-18/h3-4,6-7,9-10,12,15H,5,8,11,13H2,1-2H3,(H,21,22). The van der Waals surface area contributed by atoms with Crippen molar-refractivity contribution in [2.24, 2.45) is 0 Å². The maximum absolute atomic E-state index is 12.1. The summed E-state index contributed by atoms with van der Waals surface area (Å²) in [5.74, 6) is 2.36. The maximum Gasteiger partial charge on any atom is 0.231 e. The molecule has 0 saturated heterocycles. The Balaban J connectivity index is 1.42. The molecule has 0 aromatic heterocycles. The van der Waals surface area contributed by atoms with Gasteiger partial charge in [0.1, 0.15) is 5.75 Å². The molecule has 0 spiro atoms. The molecule has 1 N–H and O–H groups in total. The zero-order chi connectivity index (χ0) is 17.6. The number of aryl methyl sites for hydroxylation is 1. The molecule has 25 heavy (non-hydrogen) atoms. The van der Waals surface area contributed by atoms with Crippen molar-refractivity contribution >= 4 is 5.91 Å². The lowest BCUT2D eigenvalue weighted by Crippen LogP contribution is -2.26. The van der Waals surface area contributed by atoms with Crippen LogP contribution in [0.25, 0.3) is 0 Å². The Labute approximate surface area is 147 Å².